The van der Waals surface area contributed by atoms with E-state index >= 15 is 0 Å². The monoisotopic (exact) mass is 395 g/mol. The van der Waals surface area contributed by atoms with Crippen molar-refractivity contribution in [2.75, 3.05) is 5.32 Å². The Morgan fingerprint density at radius 1 is 1.18 bits per heavy atom. The fourth-order valence-electron chi connectivity index (χ4n) is 3.05. The third kappa shape index (κ3) is 4.12. The van der Waals surface area contributed by atoms with Crippen LogP contribution >= 0.6 is 11.8 Å². The molecule has 1 heterocycles. The Balaban J connectivity index is 1.91. The summed E-state index contributed by atoms with van der Waals surface area (Å²) in [6.45, 7) is 8.37. The molecule has 6 heteroatoms. The molecule has 146 valence electrons. The van der Waals surface area contributed by atoms with Crippen LogP contribution in [-0.2, 0) is 11.3 Å². The molecule has 0 saturated heterocycles. The number of amides is 1. The standard InChI is InChI=1S/C22H25N3O2S/c1-5-19(20(26)23-18-13-14(3)11-12-15(18)4)28-22-24-17-10-8-7-9-16(17)21(27)25(22)6-2/h7-13,19H,5-6H2,1-4H3,(H,23,26). The molecule has 5 nitrogen and oxygen atoms in total. The predicted molar refractivity (Wildman–Crippen MR) is 116 cm³/mol. The summed E-state index contributed by atoms with van der Waals surface area (Å²) < 4.78 is 1.64. The highest BCUT2D eigenvalue weighted by Crippen LogP contribution is 2.26. The van der Waals surface area contributed by atoms with Crippen LogP contribution in [0.3, 0.4) is 0 Å². The highest BCUT2D eigenvalue weighted by Gasteiger charge is 2.22. The molecule has 0 aliphatic rings. The fourth-order valence-corrected chi connectivity index (χ4v) is 4.13. The Morgan fingerprint density at radius 3 is 2.64 bits per heavy atom. The number of nitrogens with one attached hydrogen (secondary N) is 1. The van der Waals surface area contributed by atoms with Crippen molar-refractivity contribution in [2.24, 2.45) is 0 Å². The van der Waals surface area contributed by atoms with Crippen molar-refractivity contribution in [1.29, 1.82) is 0 Å². The van der Waals surface area contributed by atoms with Crippen LogP contribution in [0.1, 0.15) is 31.4 Å². The summed E-state index contributed by atoms with van der Waals surface area (Å²) in [5, 5.41) is 3.87. The number of benzene rings is 2. The number of rotatable bonds is 6. The van der Waals surface area contributed by atoms with Crippen molar-refractivity contribution in [3.8, 4) is 0 Å². The van der Waals surface area contributed by atoms with E-state index in [0.717, 1.165) is 16.8 Å². The summed E-state index contributed by atoms with van der Waals surface area (Å²) in [6.07, 6.45) is 0.633. The predicted octanol–water partition coefficient (Wildman–Crippen LogP) is 4.54. The largest absolute Gasteiger partial charge is 0.325 e. The van der Waals surface area contributed by atoms with Crippen molar-refractivity contribution in [3.63, 3.8) is 0 Å². The Labute approximate surface area is 169 Å². The second kappa shape index (κ2) is 8.61. The van der Waals surface area contributed by atoms with E-state index in [9.17, 15) is 9.59 Å². The number of nitrogens with zero attached hydrogens (tertiary/aromatic N) is 2. The van der Waals surface area contributed by atoms with E-state index in [-0.39, 0.29) is 16.7 Å². The number of anilines is 1. The first-order valence-electron chi connectivity index (χ1n) is 9.49. The number of fused-ring (bicyclic) bond motifs is 1. The van der Waals surface area contributed by atoms with Crippen molar-refractivity contribution in [2.45, 2.75) is 51.1 Å². The molecular weight excluding hydrogens is 370 g/mol. The highest BCUT2D eigenvalue weighted by atomic mass is 32.2. The summed E-state index contributed by atoms with van der Waals surface area (Å²) >= 11 is 1.35. The molecule has 1 unspecified atom stereocenters. The molecule has 3 rings (SSSR count). The van der Waals surface area contributed by atoms with Crippen LogP contribution in [0.15, 0.2) is 52.4 Å². The van der Waals surface area contributed by atoms with E-state index in [1.54, 1.807) is 10.6 Å². The van der Waals surface area contributed by atoms with Crippen LogP contribution in [0.4, 0.5) is 5.69 Å². The highest BCUT2D eigenvalue weighted by molar-refractivity contribution is 8.00. The minimum Gasteiger partial charge on any atom is -0.325 e. The molecule has 0 aliphatic carbocycles. The quantitative estimate of drug-likeness (QED) is 0.491. The Bertz CT molecular complexity index is 1080. The molecule has 2 aromatic carbocycles. The van der Waals surface area contributed by atoms with E-state index in [0.29, 0.717) is 29.0 Å². The lowest BCUT2D eigenvalue weighted by molar-refractivity contribution is -0.115. The van der Waals surface area contributed by atoms with Crippen LogP contribution in [0.2, 0.25) is 0 Å². The van der Waals surface area contributed by atoms with Crippen LogP contribution in [0.25, 0.3) is 10.9 Å². The van der Waals surface area contributed by atoms with Gasteiger partial charge in [0.2, 0.25) is 5.91 Å². The molecular formula is C22H25N3O2S. The molecule has 1 aromatic heterocycles. The summed E-state index contributed by atoms with van der Waals surface area (Å²) in [7, 11) is 0. The van der Waals surface area contributed by atoms with Gasteiger partial charge in [0.15, 0.2) is 5.16 Å². The molecule has 0 spiro atoms. The number of carbonyl (C=O) groups excluding carboxylic acids is 1. The summed E-state index contributed by atoms with van der Waals surface area (Å²) in [5.74, 6) is -0.0775. The van der Waals surface area contributed by atoms with E-state index in [4.69, 9.17) is 0 Å². The maximum atomic E-state index is 12.9. The fraction of sp³-hybridized carbons (Fsp3) is 0.318. The van der Waals surface area contributed by atoms with E-state index in [2.05, 4.69) is 10.3 Å². The molecule has 0 bridgehead atoms. The van der Waals surface area contributed by atoms with Crippen LogP contribution in [0, 0.1) is 13.8 Å². The Kier molecular flexibility index (Phi) is 6.19. The lowest BCUT2D eigenvalue weighted by Crippen LogP contribution is -2.28. The lowest BCUT2D eigenvalue weighted by Gasteiger charge is -2.18. The average molecular weight is 396 g/mol. The van der Waals surface area contributed by atoms with Gasteiger partial charge in [-0.1, -0.05) is 43.0 Å². The second-order valence-electron chi connectivity index (χ2n) is 6.78. The Hall–Kier alpha value is -2.60. The first-order valence-corrected chi connectivity index (χ1v) is 10.4. The topological polar surface area (TPSA) is 64.0 Å². The Morgan fingerprint density at radius 2 is 1.93 bits per heavy atom. The van der Waals surface area contributed by atoms with Gasteiger partial charge in [0.1, 0.15) is 0 Å². The van der Waals surface area contributed by atoms with Crippen molar-refractivity contribution < 1.29 is 4.79 Å². The number of hydrogen-bond donors (Lipinski definition) is 1. The van der Waals surface area contributed by atoms with E-state index in [1.807, 2.05) is 64.1 Å². The van der Waals surface area contributed by atoms with Crippen molar-refractivity contribution in [1.82, 2.24) is 9.55 Å². The van der Waals surface area contributed by atoms with Gasteiger partial charge in [0, 0.05) is 12.2 Å². The van der Waals surface area contributed by atoms with Crippen molar-refractivity contribution in [3.05, 3.63) is 63.9 Å². The summed E-state index contributed by atoms with van der Waals surface area (Å²) in [4.78, 5) is 30.4. The van der Waals surface area contributed by atoms with Gasteiger partial charge in [-0.2, -0.15) is 0 Å². The number of para-hydroxylation sites is 1. The zero-order chi connectivity index (χ0) is 20.3. The van der Waals surface area contributed by atoms with Gasteiger partial charge in [-0.25, -0.2) is 4.98 Å². The van der Waals surface area contributed by atoms with Crippen LogP contribution < -0.4 is 10.9 Å². The maximum absolute atomic E-state index is 12.9. The number of aromatic nitrogens is 2. The molecule has 0 fully saturated rings. The summed E-state index contributed by atoms with van der Waals surface area (Å²) in [5.41, 5.74) is 3.53. The molecule has 1 atom stereocenters. The minimum absolute atomic E-state index is 0.0691. The molecule has 28 heavy (non-hydrogen) atoms. The molecule has 1 N–H and O–H groups in total. The number of hydrogen-bond acceptors (Lipinski definition) is 4. The second-order valence-corrected chi connectivity index (χ2v) is 7.95. The number of aryl methyl sites for hydroxylation is 2. The molecule has 0 radical (unpaired) electrons. The van der Waals surface area contributed by atoms with Gasteiger partial charge >= 0.3 is 0 Å². The third-order valence-electron chi connectivity index (χ3n) is 4.70. The minimum atomic E-state index is -0.342. The lowest BCUT2D eigenvalue weighted by atomic mass is 10.1. The number of thioether (sulfide) groups is 1. The van der Waals surface area contributed by atoms with Crippen molar-refractivity contribution >= 4 is 34.3 Å². The molecule has 3 aromatic rings. The van der Waals surface area contributed by atoms with Gasteiger partial charge in [0.05, 0.1) is 16.2 Å². The normalized spacial score (nSPS) is 12.1. The van der Waals surface area contributed by atoms with E-state index < -0.39 is 0 Å². The van der Waals surface area contributed by atoms with Gasteiger partial charge in [-0.15, -0.1) is 0 Å². The molecule has 0 saturated carbocycles. The van der Waals surface area contributed by atoms with Gasteiger partial charge in [0.25, 0.3) is 5.56 Å². The number of carbonyl (C=O) groups is 1. The smallest absolute Gasteiger partial charge is 0.262 e. The average Bonchev–Trinajstić information content (AvgIpc) is 2.69. The van der Waals surface area contributed by atoms with Gasteiger partial charge in [-0.05, 0) is 56.5 Å². The van der Waals surface area contributed by atoms with E-state index in [1.165, 1.54) is 11.8 Å². The summed E-state index contributed by atoms with van der Waals surface area (Å²) in [6, 6.07) is 13.3. The van der Waals surface area contributed by atoms with Gasteiger partial charge < -0.3 is 5.32 Å². The van der Waals surface area contributed by atoms with Gasteiger partial charge in [-0.3, -0.25) is 14.2 Å². The first kappa shape index (κ1) is 20.1. The third-order valence-corrected chi connectivity index (χ3v) is 6.06. The van der Waals surface area contributed by atoms with Crippen LogP contribution in [-0.4, -0.2) is 20.7 Å². The zero-order valence-electron chi connectivity index (χ0n) is 16.7. The van der Waals surface area contributed by atoms with Crippen LogP contribution in [0.5, 0.6) is 0 Å². The molecule has 0 aliphatic heterocycles. The zero-order valence-corrected chi connectivity index (χ0v) is 17.5. The molecule has 1 amide bonds. The SMILES string of the molecule is CCC(Sc1nc2ccccc2c(=O)n1CC)C(=O)Nc1cc(C)ccc1C. The maximum Gasteiger partial charge on any atom is 0.262 e. The first-order chi connectivity index (χ1) is 13.4.